The Morgan fingerprint density at radius 1 is 1.41 bits per heavy atom. The summed E-state index contributed by atoms with van der Waals surface area (Å²) in [5.74, 6) is -0.562. The Labute approximate surface area is 160 Å². The number of carboxylic acids is 1. The molecule has 0 aliphatic carbocycles. The number of carbonyl (C=O) groups is 1. The van der Waals surface area contributed by atoms with E-state index < -0.39 is 5.97 Å². The maximum Gasteiger partial charge on any atom is 0.352 e. The second-order valence-corrected chi connectivity index (χ2v) is 8.78. The van der Waals surface area contributed by atoms with E-state index in [-0.39, 0.29) is 16.2 Å². The van der Waals surface area contributed by atoms with Gasteiger partial charge in [0.15, 0.2) is 0 Å². The molecule has 6 nitrogen and oxygen atoms in total. The molecule has 0 radical (unpaired) electrons. The Balaban J connectivity index is 1.74. The maximum absolute atomic E-state index is 11.8. The molecule has 7 heteroatoms. The van der Waals surface area contributed by atoms with E-state index in [4.69, 9.17) is 4.74 Å². The van der Waals surface area contributed by atoms with Crippen molar-refractivity contribution in [3.63, 3.8) is 0 Å². The van der Waals surface area contributed by atoms with Crippen molar-refractivity contribution in [3.8, 4) is 0 Å². The molecule has 1 saturated heterocycles. The van der Waals surface area contributed by atoms with Gasteiger partial charge in [0.25, 0.3) is 0 Å². The molecule has 142 valence electrons. The Morgan fingerprint density at radius 2 is 2.22 bits per heavy atom. The molecule has 27 heavy (non-hydrogen) atoms. The van der Waals surface area contributed by atoms with E-state index in [2.05, 4.69) is 31.0 Å². The SMILES string of the molecule is CC1(C)C[C@@H](c2ccc3c(c2)cc(C(=O)O)n3Cc2c[nH]c(=O)s2)CCO1. The lowest BCUT2D eigenvalue weighted by atomic mass is 9.83. The average Bonchev–Trinajstić information content (AvgIpc) is 3.17. The van der Waals surface area contributed by atoms with Crippen LogP contribution in [0.2, 0.25) is 0 Å². The van der Waals surface area contributed by atoms with E-state index in [1.54, 1.807) is 16.8 Å². The third-order valence-corrected chi connectivity index (χ3v) is 6.01. The van der Waals surface area contributed by atoms with Gasteiger partial charge in [0.2, 0.25) is 0 Å². The van der Waals surface area contributed by atoms with Crippen LogP contribution in [0.25, 0.3) is 10.9 Å². The molecule has 1 atom stereocenters. The van der Waals surface area contributed by atoms with Crippen molar-refractivity contribution in [1.82, 2.24) is 9.55 Å². The van der Waals surface area contributed by atoms with Gasteiger partial charge in [-0.2, -0.15) is 0 Å². The summed E-state index contributed by atoms with van der Waals surface area (Å²) in [5.41, 5.74) is 2.18. The lowest BCUT2D eigenvalue weighted by Gasteiger charge is -2.35. The van der Waals surface area contributed by atoms with Crippen molar-refractivity contribution in [3.05, 3.63) is 56.3 Å². The zero-order chi connectivity index (χ0) is 19.2. The number of fused-ring (bicyclic) bond motifs is 1. The normalized spacial score (nSPS) is 19.4. The van der Waals surface area contributed by atoms with Gasteiger partial charge in [-0.15, -0.1) is 0 Å². The van der Waals surface area contributed by atoms with E-state index >= 15 is 0 Å². The molecule has 0 spiro atoms. The van der Waals surface area contributed by atoms with E-state index in [0.29, 0.717) is 12.5 Å². The monoisotopic (exact) mass is 386 g/mol. The van der Waals surface area contributed by atoms with Crippen LogP contribution in [0.1, 0.15) is 53.5 Å². The first-order valence-corrected chi connectivity index (χ1v) is 9.82. The van der Waals surface area contributed by atoms with Gasteiger partial charge in [-0.3, -0.25) is 4.79 Å². The Morgan fingerprint density at radius 3 is 2.89 bits per heavy atom. The first-order valence-electron chi connectivity index (χ1n) is 9.00. The van der Waals surface area contributed by atoms with E-state index in [9.17, 15) is 14.7 Å². The minimum Gasteiger partial charge on any atom is -0.477 e. The predicted octanol–water partition coefficient (Wildman–Crippen LogP) is 3.81. The number of aromatic amines is 1. The summed E-state index contributed by atoms with van der Waals surface area (Å²) in [6.07, 6.45) is 3.56. The minimum absolute atomic E-state index is 0.136. The fraction of sp³-hybridized carbons (Fsp3) is 0.400. The fourth-order valence-corrected chi connectivity index (χ4v) is 4.63. The number of thiazole rings is 1. The van der Waals surface area contributed by atoms with Crippen LogP contribution in [0.5, 0.6) is 0 Å². The third-order valence-electron chi connectivity index (χ3n) is 5.20. The zero-order valence-electron chi connectivity index (χ0n) is 15.3. The number of hydrogen-bond acceptors (Lipinski definition) is 4. The van der Waals surface area contributed by atoms with Crippen LogP contribution in [-0.4, -0.2) is 32.8 Å². The average molecular weight is 386 g/mol. The van der Waals surface area contributed by atoms with Crippen molar-refractivity contribution in [2.24, 2.45) is 0 Å². The Bertz CT molecular complexity index is 1060. The van der Waals surface area contributed by atoms with Crippen LogP contribution in [-0.2, 0) is 11.3 Å². The van der Waals surface area contributed by atoms with Crippen molar-refractivity contribution >= 4 is 28.2 Å². The van der Waals surface area contributed by atoms with Gasteiger partial charge < -0.3 is 19.4 Å². The molecule has 2 aromatic heterocycles. The minimum atomic E-state index is -0.970. The molecule has 1 aromatic carbocycles. The van der Waals surface area contributed by atoms with Crippen LogP contribution in [0.15, 0.2) is 35.3 Å². The van der Waals surface area contributed by atoms with Gasteiger partial charge in [0, 0.05) is 28.6 Å². The molecule has 0 bridgehead atoms. The maximum atomic E-state index is 11.8. The first kappa shape index (κ1) is 18.0. The van der Waals surface area contributed by atoms with Gasteiger partial charge in [0.05, 0.1) is 12.1 Å². The lowest BCUT2D eigenvalue weighted by molar-refractivity contribution is -0.0592. The topological polar surface area (TPSA) is 84.3 Å². The molecule has 2 N–H and O–H groups in total. The highest BCUT2D eigenvalue weighted by molar-refractivity contribution is 7.09. The molecule has 0 unspecified atom stereocenters. The second-order valence-electron chi connectivity index (χ2n) is 7.68. The smallest absolute Gasteiger partial charge is 0.352 e. The van der Waals surface area contributed by atoms with Crippen molar-refractivity contribution in [2.45, 2.75) is 44.8 Å². The van der Waals surface area contributed by atoms with Gasteiger partial charge in [0.1, 0.15) is 5.69 Å². The summed E-state index contributed by atoms with van der Waals surface area (Å²) in [7, 11) is 0. The molecule has 1 aliphatic heterocycles. The molecule has 4 rings (SSSR count). The Hall–Kier alpha value is -2.38. The second kappa shape index (κ2) is 6.65. The zero-order valence-corrected chi connectivity index (χ0v) is 16.1. The number of benzene rings is 1. The van der Waals surface area contributed by atoms with Crippen LogP contribution in [0.4, 0.5) is 0 Å². The predicted molar refractivity (Wildman–Crippen MR) is 105 cm³/mol. The van der Waals surface area contributed by atoms with E-state index in [1.165, 1.54) is 5.56 Å². The number of ether oxygens (including phenoxy) is 1. The van der Waals surface area contributed by atoms with Gasteiger partial charge in [-0.25, -0.2) is 4.79 Å². The highest BCUT2D eigenvalue weighted by atomic mass is 32.1. The number of nitrogens with zero attached hydrogens (tertiary/aromatic N) is 1. The van der Waals surface area contributed by atoms with Crippen LogP contribution in [0.3, 0.4) is 0 Å². The van der Waals surface area contributed by atoms with Crippen molar-refractivity contribution in [2.75, 3.05) is 6.61 Å². The third kappa shape index (κ3) is 3.57. The quantitative estimate of drug-likeness (QED) is 0.714. The molecule has 1 fully saturated rings. The van der Waals surface area contributed by atoms with Crippen LogP contribution >= 0.6 is 11.3 Å². The molecule has 1 aliphatic rings. The first-order chi connectivity index (χ1) is 12.8. The number of aromatic carboxylic acids is 1. The molecule has 0 amide bonds. The lowest BCUT2D eigenvalue weighted by Crippen LogP contribution is -2.32. The molecule has 3 heterocycles. The van der Waals surface area contributed by atoms with E-state index in [1.807, 2.05) is 6.07 Å². The molecule has 0 saturated carbocycles. The van der Waals surface area contributed by atoms with Crippen molar-refractivity contribution in [1.29, 1.82) is 0 Å². The number of aromatic nitrogens is 2. The van der Waals surface area contributed by atoms with Crippen LogP contribution < -0.4 is 4.87 Å². The molecule has 3 aromatic rings. The molecular weight excluding hydrogens is 364 g/mol. The van der Waals surface area contributed by atoms with Gasteiger partial charge in [-0.1, -0.05) is 17.4 Å². The van der Waals surface area contributed by atoms with Gasteiger partial charge in [-0.05, 0) is 56.4 Å². The highest BCUT2D eigenvalue weighted by Gasteiger charge is 2.30. The van der Waals surface area contributed by atoms with Crippen LogP contribution in [0, 0.1) is 0 Å². The number of nitrogens with one attached hydrogen (secondary N) is 1. The standard InChI is InChI=1S/C20H22N2O4S/c1-20(2)9-13(5-6-26-20)12-3-4-16-14(7-12)8-17(18(23)24)22(16)11-15-10-21-19(25)27-15/h3-4,7-8,10,13H,5-6,9,11H2,1-2H3,(H,21,25)(H,23,24)/t13-/m0/s1. The number of H-pyrrole nitrogens is 1. The fourth-order valence-electron chi connectivity index (χ4n) is 3.96. The summed E-state index contributed by atoms with van der Waals surface area (Å²) in [5, 5.41) is 10.5. The number of hydrogen-bond donors (Lipinski definition) is 2. The van der Waals surface area contributed by atoms with Crippen molar-refractivity contribution < 1.29 is 14.6 Å². The summed E-state index contributed by atoms with van der Waals surface area (Å²) in [6.45, 7) is 5.32. The van der Waals surface area contributed by atoms with Gasteiger partial charge >= 0.3 is 10.8 Å². The number of carboxylic acid groups (broad SMARTS) is 1. The largest absolute Gasteiger partial charge is 0.477 e. The summed E-state index contributed by atoms with van der Waals surface area (Å²) in [4.78, 5) is 26.4. The summed E-state index contributed by atoms with van der Waals surface area (Å²) >= 11 is 1.10. The number of rotatable bonds is 4. The Kier molecular flexibility index (Phi) is 4.44. The summed E-state index contributed by atoms with van der Waals surface area (Å²) in [6, 6.07) is 7.91. The van der Waals surface area contributed by atoms with E-state index in [0.717, 1.165) is 46.6 Å². The summed E-state index contributed by atoms with van der Waals surface area (Å²) < 4.78 is 7.58. The molecular formula is C20H22N2O4S. The highest BCUT2D eigenvalue weighted by Crippen LogP contribution is 2.37.